The molecule has 4 aromatic carbocycles. The van der Waals surface area contributed by atoms with E-state index in [1.807, 2.05) is 0 Å². The fourth-order valence-corrected chi connectivity index (χ4v) is 12.0. The summed E-state index contributed by atoms with van der Waals surface area (Å²) in [5.74, 6) is -9.30. The molecule has 0 bridgehead atoms. The maximum atomic E-state index is 14.5. The van der Waals surface area contributed by atoms with Crippen LogP contribution in [0.4, 0.5) is 43.9 Å². The number of carbonyl (C=O) groups excluding carboxylic acids is 6. The van der Waals surface area contributed by atoms with Crippen molar-refractivity contribution in [3.63, 3.8) is 0 Å². The minimum Gasteiger partial charge on any atom is -0.350 e. The number of nitrogens with one attached hydrogen (secondary N) is 2. The number of nitrogens with zero attached hydrogens (tertiary/aromatic N) is 4. The van der Waals surface area contributed by atoms with Gasteiger partial charge in [-0.2, -0.15) is 26.3 Å². The quantitative estimate of drug-likeness (QED) is 0.0360. The van der Waals surface area contributed by atoms with E-state index in [2.05, 4.69) is 10.6 Å². The Morgan fingerprint density at radius 1 is 0.619 bits per heavy atom. The molecule has 0 radical (unpaired) electrons. The molecule has 8 rings (SSSR count). The first kappa shape index (κ1) is 64.9. The number of fused-ring (bicyclic) bond motifs is 2. The number of ketones is 2. The second-order valence-electron chi connectivity index (χ2n) is 18.9. The number of hydrogen-bond acceptors (Lipinski definition) is 10. The first-order chi connectivity index (χ1) is 39.3. The van der Waals surface area contributed by atoms with Crippen molar-refractivity contribution in [3.05, 3.63) is 129 Å². The number of halogens is 12. The summed E-state index contributed by atoms with van der Waals surface area (Å²) in [6.07, 6.45) is -13.0. The summed E-state index contributed by atoms with van der Waals surface area (Å²) in [5, 5.41) is 3.40. The van der Waals surface area contributed by atoms with Gasteiger partial charge in [0.2, 0.25) is 23.6 Å². The van der Waals surface area contributed by atoms with Gasteiger partial charge in [-0.25, -0.2) is 17.6 Å². The maximum absolute atomic E-state index is 14.5. The predicted octanol–water partition coefficient (Wildman–Crippen LogP) is 8.56. The van der Waals surface area contributed by atoms with Gasteiger partial charge in [-0.1, -0.05) is 59.6 Å². The standard InChI is InChI=1S/C28H28ClF5N3O6P.C24H20ClF5N3O6P/c1-3-42-44(41,43-4-2)18-8-9-19-20(26(39)28(32,33)34)14-36(22(19)11-18)15-24(38)37-13-17(30)10-23(37)27(40)35-12-16-6-5-7-21(29)25(16)31;25-17-3-1-2-12(21(17)27)8-31-23(36)19-6-13(26)9-33(19)20(34)11-32-10-16(22(35)24(28,29)30)15-5-4-14(7-18(15)32)40(37,38)39/h5-9,11,14,17,23H,3-4,10,12-13,15H2,1-2H3,(H,35,40);1-5,7,10,13,19H,6,8-9,11H2,(H,31,36)(H2,37,38,39)/t17-,23+;13-,19+/m11/s1. The van der Waals surface area contributed by atoms with E-state index in [-0.39, 0.29) is 81.0 Å². The lowest BCUT2D eigenvalue weighted by molar-refractivity contribution is -0.139. The molecule has 4 atom stereocenters. The molecule has 2 fully saturated rings. The highest BCUT2D eigenvalue weighted by Crippen LogP contribution is 2.47. The summed E-state index contributed by atoms with van der Waals surface area (Å²) in [7, 11) is -8.79. The van der Waals surface area contributed by atoms with Crippen LogP contribution in [0.25, 0.3) is 21.8 Å². The molecule has 0 unspecified atom stereocenters. The summed E-state index contributed by atoms with van der Waals surface area (Å²) in [6, 6.07) is 11.8. The number of Topliss-reactive ketones (excluding diaryl/α,β-unsaturated/α-hetero) is 2. The first-order valence-corrected chi connectivity index (χ1v) is 28.9. The number of hydrogen-bond donors (Lipinski definition) is 4. The average molecular weight is 1270 g/mol. The Morgan fingerprint density at radius 3 is 1.37 bits per heavy atom. The SMILES string of the molecule is CCOP(=O)(OCC)c1ccc2c(C(=O)C(F)(F)F)cn(CC(=O)N3C[C@H](F)C[C@H]3C(=O)NCc3cccc(Cl)c3F)c2c1.O=C(NCc1cccc(Cl)c1F)[C@@H]1C[C@@H](F)CN1C(=O)Cn1cc(C(=O)C(F)(F)F)c2ccc(P(=O)(O)O)cc21. The van der Waals surface area contributed by atoms with Gasteiger partial charge in [0, 0.05) is 60.2 Å². The summed E-state index contributed by atoms with van der Waals surface area (Å²) in [4.78, 5) is 97.4. The number of rotatable bonds is 18. The van der Waals surface area contributed by atoms with Crippen molar-refractivity contribution in [2.24, 2.45) is 0 Å². The summed E-state index contributed by atoms with van der Waals surface area (Å²) >= 11 is 11.5. The number of carbonyl (C=O) groups is 6. The van der Waals surface area contributed by atoms with Crippen molar-refractivity contribution >= 4 is 106 Å². The van der Waals surface area contributed by atoms with E-state index in [9.17, 15) is 91.6 Å². The van der Waals surface area contributed by atoms with Gasteiger partial charge in [-0.3, -0.25) is 37.9 Å². The molecule has 84 heavy (non-hydrogen) atoms. The number of amides is 4. The number of aromatic nitrogens is 2. The van der Waals surface area contributed by atoms with E-state index in [1.54, 1.807) is 13.8 Å². The van der Waals surface area contributed by atoms with Gasteiger partial charge in [0.1, 0.15) is 49.2 Å². The summed E-state index contributed by atoms with van der Waals surface area (Å²) in [5.41, 5.74) is -1.87. The Balaban J connectivity index is 0.000000242. The van der Waals surface area contributed by atoms with Gasteiger partial charge in [0.05, 0.1) is 69.1 Å². The van der Waals surface area contributed by atoms with Crippen molar-refractivity contribution in [2.75, 3.05) is 26.3 Å². The van der Waals surface area contributed by atoms with E-state index in [0.717, 1.165) is 49.4 Å². The van der Waals surface area contributed by atoms with Crippen LogP contribution in [0.2, 0.25) is 10.0 Å². The van der Waals surface area contributed by atoms with Gasteiger partial charge in [-0.05, 0) is 50.2 Å². The van der Waals surface area contributed by atoms with Crippen molar-refractivity contribution in [1.82, 2.24) is 29.6 Å². The highest BCUT2D eigenvalue weighted by Gasteiger charge is 2.45. The van der Waals surface area contributed by atoms with Crippen molar-refractivity contribution in [3.8, 4) is 0 Å². The lowest BCUT2D eigenvalue weighted by Crippen LogP contribution is -2.46. The van der Waals surface area contributed by atoms with Crippen LogP contribution >= 0.6 is 38.4 Å². The fraction of sp³-hybridized carbons (Fsp3) is 0.346. The third-order valence-corrected chi connectivity index (χ3v) is 17.0. The van der Waals surface area contributed by atoms with Crippen LogP contribution in [0.3, 0.4) is 0 Å². The Hall–Kier alpha value is -6.64. The number of likely N-dealkylation sites (tertiary alicyclic amines) is 2. The Bertz CT molecular complexity index is 3640. The van der Waals surface area contributed by atoms with Gasteiger partial charge in [0.25, 0.3) is 11.6 Å². The smallest absolute Gasteiger partial charge is 0.350 e. The molecule has 4 amide bonds. The molecule has 0 aliphatic carbocycles. The topological polar surface area (TPSA) is 236 Å². The van der Waals surface area contributed by atoms with Crippen LogP contribution in [0, 0.1) is 11.6 Å². The third kappa shape index (κ3) is 14.5. The normalized spacial score (nSPS) is 17.6. The van der Waals surface area contributed by atoms with E-state index in [0.29, 0.717) is 6.20 Å². The second kappa shape index (κ2) is 25.9. The number of benzene rings is 4. The molecular weight excluding hydrogens is 1220 g/mol. The summed E-state index contributed by atoms with van der Waals surface area (Å²) in [6.45, 7) is -0.00144. The van der Waals surface area contributed by atoms with Crippen LogP contribution in [0.15, 0.2) is 85.2 Å². The van der Waals surface area contributed by atoms with Crippen molar-refractivity contribution in [1.29, 1.82) is 0 Å². The van der Waals surface area contributed by atoms with Crippen LogP contribution in [-0.4, -0.2) is 127 Å². The van der Waals surface area contributed by atoms with Gasteiger partial charge < -0.3 is 48.4 Å². The third-order valence-electron chi connectivity index (χ3n) is 13.3. The Labute approximate surface area is 479 Å². The molecule has 452 valence electrons. The zero-order valence-electron chi connectivity index (χ0n) is 43.7. The molecule has 2 saturated heterocycles. The fourth-order valence-electron chi connectivity index (χ4n) is 9.43. The van der Waals surface area contributed by atoms with E-state index in [4.69, 9.17) is 32.2 Å². The average Bonchev–Trinajstić information content (AvgIpc) is 2.60. The van der Waals surface area contributed by atoms with Gasteiger partial charge >= 0.3 is 27.5 Å². The molecule has 2 aromatic heterocycles. The molecular formula is C52H48Cl2F10N6O12P2. The van der Waals surface area contributed by atoms with Crippen molar-refractivity contribution < 1.29 is 101 Å². The molecule has 4 heterocycles. The minimum absolute atomic E-state index is 0.0145. The zero-order chi connectivity index (χ0) is 62.0. The maximum Gasteiger partial charge on any atom is 0.454 e. The molecule has 0 spiro atoms. The van der Waals surface area contributed by atoms with E-state index >= 15 is 0 Å². The predicted molar refractivity (Wildman–Crippen MR) is 283 cm³/mol. The molecule has 2 aliphatic rings. The molecule has 2 aliphatic heterocycles. The van der Waals surface area contributed by atoms with Crippen LogP contribution in [-0.2, 0) is 63.5 Å². The lowest BCUT2D eigenvalue weighted by Gasteiger charge is -2.24. The minimum atomic E-state index is -5.28. The van der Waals surface area contributed by atoms with Crippen LogP contribution in [0.1, 0.15) is 58.5 Å². The van der Waals surface area contributed by atoms with Crippen LogP contribution in [0.5, 0.6) is 0 Å². The highest BCUT2D eigenvalue weighted by molar-refractivity contribution is 7.62. The zero-order valence-corrected chi connectivity index (χ0v) is 47.0. The highest BCUT2D eigenvalue weighted by atomic mass is 35.5. The van der Waals surface area contributed by atoms with Crippen LogP contribution < -0.4 is 21.2 Å². The number of alkyl halides is 8. The molecule has 18 nitrogen and oxygen atoms in total. The van der Waals surface area contributed by atoms with E-state index < -0.39 is 148 Å². The molecule has 4 N–H and O–H groups in total. The van der Waals surface area contributed by atoms with Gasteiger partial charge in [0.15, 0.2) is 0 Å². The summed E-state index contributed by atoms with van der Waals surface area (Å²) < 4.78 is 175. The molecule has 32 heteroatoms. The second-order valence-corrected chi connectivity index (χ2v) is 23.4. The Kier molecular flexibility index (Phi) is 20.0. The largest absolute Gasteiger partial charge is 0.454 e. The van der Waals surface area contributed by atoms with E-state index in [1.165, 1.54) is 48.5 Å². The lowest BCUT2D eigenvalue weighted by atomic mass is 10.1. The van der Waals surface area contributed by atoms with Crippen molar-refractivity contribution in [2.45, 2.75) is 89.6 Å². The Morgan fingerprint density at radius 2 is 1.00 bits per heavy atom. The monoisotopic (exact) mass is 1270 g/mol. The molecule has 0 saturated carbocycles. The first-order valence-electron chi connectivity index (χ1n) is 25.0. The van der Waals surface area contributed by atoms with Gasteiger partial charge in [-0.15, -0.1) is 0 Å². The molecule has 6 aromatic rings.